The van der Waals surface area contributed by atoms with Gasteiger partial charge in [0, 0.05) is 11.9 Å². The van der Waals surface area contributed by atoms with Crippen molar-refractivity contribution >= 4 is 5.97 Å². The SMILES string of the molecule is Cc1ccc(C(=O)OC(C)C)cn1. The molecule has 0 aliphatic heterocycles. The summed E-state index contributed by atoms with van der Waals surface area (Å²) < 4.78 is 5.00. The van der Waals surface area contributed by atoms with Crippen molar-refractivity contribution in [2.45, 2.75) is 26.9 Å². The molecule has 0 aliphatic carbocycles. The predicted molar refractivity (Wildman–Crippen MR) is 49.5 cm³/mol. The number of hydrogen-bond donors (Lipinski definition) is 0. The Bertz CT molecular complexity index is 290. The molecular formula is C10H13NO2. The van der Waals surface area contributed by atoms with Gasteiger partial charge in [0.15, 0.2) is 0 Å². The van der Waals surface area contributed by atoms with Gasteiger partial charge in [-0.1, -0.05) is 0 Å². The Labute approximate surface area is 77.8 Å². The topological polar surface area (TPSA) is 39.2 Å². The normalized spacial score (nSPS) is 10.2. The summed E-state index contributed by atoms with van der Waals surface area (Å²) in [6.45, 7) is 5.51. The van der Waals surface area contributed by atoms with E-state index in [9.17, 15) is 4.79 Å². The summed E-state index contributed by atoms with van der Waals surface area (Å²) in [5.74, 6) is -0.317. The summed E-state index contributed by atoms with van der Waals surface area (Å²) in [4.78, 5) is 15.3. The van der Waals surface area contributed by atoms with Crippen LogP contribution in [0.15, 0.2) is 18.3 Å². The molecule has 3 nitrogen and oxygen atoms in total. The van der Waals surface area contributed by atoms with Crippen LogP contribution in [-0.4, -0.2) is 17.1 Å². The number of nitrogens with zero attached hydrogens (tertiary/aromatic N) is 1. The molecular weight excluding hydrogens is 166 g/mol. The number of rotatable bonds is 2. The molecule has 0 saturated carbocycles. The minimum Gasteiger partial charge on any atom is -0.459 e. The Morgan fingerprint density at radius 1 is 1.46 bits per heavy atom. The zero-order chi connectivity index (χ0) is 9.84. The highest BCUT2D eigenvalue weighted by Crippen LogP contribution is 2.03. The second-order valence-corrected chi connectivity index (χ2v) is 3.14. The van der Waals surface area contributed by atoms with Crippen LogP contribution >= 0.6 is 0 Å². The molecule has 13 heavy (non-hydrogen) atoms. The number of pyridine rings is 1. The van der Waals surface area contributed by atoms with Crippen LogP contribution in [0, 0.1) is 6.92 Å². The molecule has 1 aromatic rings. The van der Waals surface area contributed by atoms with Crippen LogP contribution in [0.3, 0.4) is 0 Å². The van der Waals surface area contributed by atoms with Crippen molar-refractivity contribution in [3.8, 4) is 0 Å². The average molecular weight is 179 g/mol. The van der Waals surface area contributed by atoms with E-state index >= 15 is 0 Å². The van der Waals surface area contributed by atoms with Gasteiger partial charge in [0.1, 0.15) is 0 Å². The lowest BCUT2D eigenvalue weighted by molar-refractivity contribution is 0.0377. The highest BCUT2D eigenvalue weighted by atomic mass is 16.5. The van der Waals surface area contributed by atoms with Gasteiger partial charge in [-0.15, -0.1) is 0 Å². The average Bonchev–Trinajstić information content (AvgIpc) is 2.04. The molecule has 0 fully saturated rings. The van der Waals surface area contributed by atoms with Gasteiger partial charge in [-0.05, 0) is 32.9 Å². The fourth-order valence-electron chi connectivity index (χ4n) is 0.871. The molecule has 0 saturated heterocycles. The Kier molecular flexibility index (Phi) is 3.01. The third-order valence-electron chi connectivity index (χ3n) is 1.49. The van der Waals surface area contributed by atoms with E-state index in [1.54, 1.807) is 12.1 Å². The summed E-state index contributed by atoms with van der Waals surface area (Å²) in [7, 11) is 0. The zero-order valence-corrected chi connectivity index (χ0v) is 8.07. The van der Waals surface area contributed by atoms with Gasteiger partial charge in [0.25, 0.3) is 0 Å². The van der Waals surface area contributed by atoms with Gasteiger partial charge in [0.05, 0.1) is 11.7 Å². The van der Waals surface area contributed by atoms with E-state index in [1.807, 2.05) is 20.8 Å². The van der Waals surface area contributed by atoms with Crippen molar-refractivity contribution < 1.29 is 9.53 Å². The first-order valence-corrected chi connectivity index (χ1v) is 4.23. The van der Waals surface area contributed by atoms with Crippen LogP contribution in [0.25, 0.3) is 0 Å². The number of ether oxygens (including phenoxy) is 1. The number of carbonyl (C=O) groups is 1. The molecule has 1 aromatic heterocycles. The Balaban J connectivity index is 2.72. The second kappa shape index (κ2) is 4.03. The van der Waals surface area contributed by atoms with Crippen molar-refractivity contribution in [3.05, 3.63) is 29.6 Å². The lowest BCUT2D eigenvalue weighted by atomic mass is 10.2. The largest absolute Gasteiger partial charge is 0.459 e. The van der Waals surface area contributed by atoms with Crippen molar-refractivity contribution in [3.63, 3.8) is 0 Å². The summed E-state index contributed by atoms with van der Waals surface area (Å²) >= 11 is 0. The third-order valence-corrected chi connectivity index (χ3v) is 1.49. The van der Waals surface area contributed by atoms with Crippen LogP contribution in [0.5, 0.6) is 0 Å². The quantitative estimate of drug-likeness (QED) is 0.651. The van der Waals surface area contributed by atoms with Crippen molar-refractivity contribution in [1.82, 2.24) is 4.98 Å². The first-order chi connectivity index (χ1) is 6.09. The molecule has 3 heteroatoms. The van der Waals surface area contributed by atoms with E-state index in [2.05, 4.69) is 4.98 Å². The molecule has 0 spiro atoms. The highest BCUT2D eigenvalue weighted by Gasteiger charge is 2.08. The van der Waals surface area contributed by atoms with E-state index < -0.39 is 0 Å². The van der Waals surface area contributed by atoms with Gasteiger partial charge in [-0.3, -0.25) is 4.98 Å². The van der Waals surface area contributed by atoms with Gasteiger partial charge >= 0.3 is 5.97 Å². The smallest absolute Gasteiger partial charge is 0.339 e. The minimum atomic E-state index is -0.317. The maximum absolute atomic E-state index is 11.3. The summed E-state index contributed by atoms with van der Waals surface area (Å²) in [6, 6.07) is 3.50. The molecule has 0 N–H and O–H groups in total. The summed E-state index contributed by atoms with van der Waals surface area (Å²) in [5.41, 5.74) is 1.39. The Hall–Kier alpha value is -1.38. The minimum absolute atomic E-state index is 0.0891. The van der Waals surface area contributed by atoms with Crippen molar-refractivity contribution in [1.29, 1.82) is 0 Å². The third kappa shape index (κ3) is 2.86. The fraction of sp³-hybridized carbons (Fsp3) is 0.400. The maximum atomic E-state index is 11.3. The maximum Gasteiger partial charge on any atom is 0.339 e. The molecule has 0 unspecified atom stereocenters. The summed E-state index contributed by atoms with van der Waals surface area (Å²) in [6.07, 6.45) is 1.44. The second-order valence-electron chi connectivity index (χ2n) is 3.14. The van der Waals surface area contributed by atoms with Gasteiger partial charge in [-0.25, -0.2) is 4.79 Å². The Morgan fingerprint density at radius 2 is 2.15 bits per heavy atom. The van der Waals surface area contributed by atoms with E-state index in [0.717, 1.165) is 5.69 Å². The Morgan fingerprint density at radius 3 is 2.62 bits per heavy atom. The van der Waals surface area contributed by atoms with Gasteiger partial charge in [0.2, 0.25) is 0 Å². The van der Waals surface area contributed by atoms with Crippen LogP contribution in [-0.2, 0) is 4.74 Å². The van der Waals surface area contributed by atoms with Crippen LogP contribution < -0.4 is 0 Å². The van der Waals surface area contributed by atoms with Crippen molar-refractivity contribution in [2.75, 3.05) is 0 Å². The monoisotopic (exact) mass is 179 g/mol. The molecule has 1 heterocycles. The molecule has 1 rings (SSSR count). The van der Waals surface area contributed by atoms with E-state index in [0.29, 0.717) is 5.56 Å². The lowest BCUT2D eigenvalue weighted by Gasteiger charge is -2.07. The number of hydrogen-bond acceptors (Lipinski definition) is 3. The number of carbonyl (C=O) groups excluding carboxylic acids is 1. The first-order valence-electron chi connectivity index (χ1n) is 4.23. The number of esters is 1. The zero-order valence-electron chi connectivity index (χ0n) is 8.07. The fourth-order valence-corrected chi connectivity index (χ4v) is 0.871. The highest BCUT2D eigenvalue weighted by molar-refractivity contribution is 5.89. The summed E-state index contributed by atoms with van der Waals surface area (Å²) in [5, 5.41) is 0. The van der Waals surface area contributed by atoms with Crippen LogP contribution in [0.1, 0.15) is 29.9 Å². The number of aromatic nitrogens is 1. The first kappa shape index (κ1) is 9.71. The molecule has 70 valence electrons. The predicted octanol–water partition coefficient (Wildman–Crippen LogP) is 1.96. The molecule has 0 bridgehead atoms. The lowest BCUT2D eigenvalue weighted by Crippen LogP contribution is -2.11. The van der Waals surface area contributed by atoms with Crippen LogP contribution in [0.2, 0.25) is 0 Å². The van der Waals surface area contributed by atoms with Gasteiger partial charge < -0.3 is 4.74 Å². The van der Waals surface area contributed by atoms with Crippen molar-refractivity contribution in [2.24, 2.45) is 0 Å². The molecule has 0 aliphatic rings. The van der Waals surface area contributed by atoms with E-state index in [-0.39, 0.29) is 12.1 Å². The standard InChI is InChI=1S/C10H13NO2/c1-7(2)13-10(12)9-5-4-8(3)11-6-9/h4-7H,1-3H3. The van der Waals surface area contributed by atoms with E-state index in [4.69, 9.17) is 4.74 Å². The van der Waals surface area contributed by atoms with Gasteiger partial charge in [-0.2, -0.15) is 0 Å². The number of aryl methyl sites for hydroxylation is 1. The van der Waals surface area contributed by atoms with Crippen LogP contribution in [0.4, 0.5) is 0 Å². The molecule has 0 aromatic carbocycles. The molecule has 0 radical (unpaired) electrons. The molecule has 0 amide bonds. The van der Waals surface area contributed by atoms with E-state index in [1.165, 1.54) is 6.20 Å². The molecule has 0 atom stereocenters.